The monoisotopic (exact) mass is 371 g/mol. The van der Waals surface area contributed by atoms with Crippen molar-refractivity contribution in [3.05, 3.63) is 40.9 Å². The van der Waals surface area contributed by atoms with Gasteiger partial charge in [-0.3, -0.25) is 0 Å². The van der Waals surface area contributed by atoms with Crippen LogP contribution in [-0.4, -0.2) is 15.5 Å². The lowest BCUT2D eigenvalue weighted by Crippen LogP contribution is -2.14. The summed E-state index contributed by atoms with van der Waals surface area (Å²) in [5.41, 5.74) is 6.93. The molecule has 6 nitrogen and oxygen atoms in total. The van der Waals surface area contributed by atoms with Gasteiger partial charge in [0.25, 0.3) is 0 Å². The van der Waals surface area contributed by atoms with Crippen LogP contribution in [0.5, 0.6) is 5.75 Å². The molecular weight excluding hydrogens is 358 g/mol. The molecule has 0 atom stereocenters. The number of anilines is 3. The normalized spacial score (nSPS) is 11.2. The number of nitrogens with two attached hydrogens (primary N) is 2. The highest BCUT2D eigenvalue weighted by molar-refractivity contribution is 9.10. The van der Waals surface area contributed by atoms with Crippen molar-refractivity contribution in [2.45, 2.75) is 4.90 Å². The molecule has 0 aromatic heterocycles. The lowest BCUT2D eigenvalue weighted by atomic mass is 10.2. The largest absolute Gasteiger partial charge is 0.495 e. The van der Waals surface area contributed by atoms with Crippen LogP contribution in [0.2, 0.25) is 0 Å². The number of hydrogen-bond donors (Lipinski definition) is 3. The molecule has 112 valence electrons. The van der Waals surface area contributed by atoms with E-state index in [1.54, 1.807) is 37.4 Å². The summed E-state index contributed by atoms with van der Waals surface area (Å²) >= 11 is 3.35. The Labute approximate surface area is 131 Å². The van der Waals surface area contributed by atoms with Gasteiger partial charge >= 0.3 is 0 Å². The molecule has 0 saturated carbocycles. The molecule has 0 bridgehead atoms. The summed E-state index contributed by atoms with van der Waals surface area (Å²) in [4.78, 5) is -0.0654. The predicted molar refractivity (Wildman–Crippen MR) is 86.2 cm³/mol. The van der Waals surface area contributed by atoms with E-state index in [4.69, 9.17) is 15.6 Å². The Hall–Kier alpha value is -1.77. The van der Waals surface area contributed by atoms with Crippen LogP contribution in [0.25, 0.3) is 0 Å². The maximum atomic E-state index is 11.6. The summed E-state index contributed by atoms with van der Waals surface area (Å²) in [5.74, 6) is 0.618. The second-order valence-corrected chi connectivity index (χ2v) is 6.66. The number of nitrogens with one attached hydrogen (secondary N) is 1. The Kier molecular flexibility index (Phi) is 4.40. The van der Waals surface area contributed by atoms with Gasteiger partial charge in [0.1, 0.15) is 10.6 Å². The van der Waals surface area contributed by atoms with Crippen molar-refractivity contribution in [1.29, 1.82) is 0 Å². The molecular formula is C13H14BrN3O3S. The molecule has 0 heterocycles. The number of benzene rings is 2. The highest BCUT2D eigenvalue weighted by atomic mass is 79.9. The van der Waals surface area contributed by atoms with Gasteiger partial charge in [-0.1, -0.05) is 0 Å². The van der Waals surface area contributed by atoms with Gasteiger partial charge in [-0.2, -0.15) is 0 Å². The van der Waals surface area contributed by atoms with Crippen LogP contribution >= 0.6 is 15.9 Å². The van der Waals surface area contributed by atoms with Crippen LogP contribution in [0.4, 0.5) is 17.1 Å². The van der Waals surface area contributed by atoms with Crippen LogP contribution in [-0.2, 0) is 10.0 Å². The summed E-state index contributed by atoms with van der Waals surface area (Å²) in [7, 11) is -2.34. The first-order valence-electron chi connectivity index (χ1n) is 5.84. The summed E-state index contributed by atoms with van der Waals surface area (Å²) < 4.78 is 29.2. The molecule has 5 N–H and O–H groups in total. The Morgan fingerprint density at radius 1 is 1.19 bits per heavy atom. The van der Waals surface area contributed by atoms with E-state index in [0.717, 1.165) is 4.47 Å². The average Bonchev–Trinajstić information content (AvgIpc) is 2.41. The summed E-state index contributed by atoms with van der Waals surface area (Å²) in [5, 5.41) is 8.20. The molecule has 8 heteroatoms. The molecule has 2 rings (SSSR count). The van der Waals surface area contributed by atoms with Crippen molar-refractivity contribution in [2.24, 2.45) is 5.14 Å². The third kappa shape index (κ3) is 3.66. The first-order valence-corrected chi connectivity index (χ1v) is 8.18. The van der Waals surface area contributed by atoms with Gasteiger partial charge in [0.15, 0.2) is 0 Å². The van der Waals surface area contributed by atoms with Gasteiger partial charge in [0.05, 0.1) is 17.3 Å². The molecule has 0 saturated heterocycles. The molecule has 0 aliphatic rings. The minimum absolute atomic E-state index is 0.0654. The molecule has 2 aromatic carbocycles. The van der Waals surface area contributed by atoms with Crippen molar-refractivity contribution < 1.29 is 13.2 Å². The number of nitrogen functional groups attached to an aromatic ring is 1. The van der Waals surface area contributed by atoms with Crippen molar-refractivity contribution >= 4 is 43.0 Å². The lowest BCUT2D eigenvalue weighted by molar-refractivity contribution is 0.412. The fourth-order valence-corrected chi connectivity index (χ4v) is 2.91. The van der Waals surface area contributed by atoms with E-state index in [-0.39, 0.29) is 4.90 Å². The first-order chi connectivity index (χ1) is 9.81. The van der Waals surface area contributed by atoms with Crippen molar-refractivity contribution in [3.8, 4) is 5.75 Å². The fraction of sp³-hybridized carbons (Fsp3) is 0.0769. The van der Waals surface area contributed by atoms with E-state index < -0.39 is 10.0 Å². The van der Waals surface area contributed by atoms with Crippen molar-refractivity contribution in [2.75, 3.05) is 18.2 Å². The first kappa shape index (κ1) is 15.6. The van der Waals surface area contributed by atoms with Crippen LogP contribution in [0, 0.1) is 0 Å². The van der Waals surface area contributed by atoms with E-state index in [1.807, 2.05) is 0 Å². The van der Waals surface area contributed by atoms with Gasteiger partial charge < -0.3 is 15.8 Å². The Morgan fingerprint density at radius 2 is 1.90 bits per heavy atom. The third-order valence-corrected chi connectivity index (χ3v) is 4.35. The van der Waals surface area contributed by atoms with E-state index in [1.165, 1.54) is 6.07 Å². The molecule has 0 spiro atoms. The van der Waals surface area contributed by atoms with Gasteiger partial charge in [0.2, 0.25) is 10.0 Å². The summed E-state index contributed by atoms with van der Waals surface area (Å²) in [6, 6.07) is 9.75. The standard InChI is InChI=1S/C13H14BrN3O3S/c1-20-12-7-9(3-4-10(12)14)17-11-5-2-8(15)6-13(11)21(16,18)19/h2-7,17H,15H2,1H3,(H2,16,18,19). The van der Waals surface area contributed by atoms with Crippen LogP contribution < -0.4 is 20.9 Å². The topological polar surface area (TPSA) is 107 Å². The number of methoxy groups -OCH3 is 1. The Morgan fingerprint density at radius 3 is 2.52 bits per heavy atom. The van der Waals surface area contributed by atoms with Gasteiger partial charge in [-0.05, 0) is 46.3 Å². The van der Waals surface area contributed by atoms with Gasteiger partial charge in [-0.15, -0.1) is 0 Å². The number of rotatable bonds is 4. The molecule has 0 aliphatic carbocycles. The zero-order valence-corrected chi connectivity index (χ0v) is 13.5. The highest BCUT2D eigenvalue weighted by Crippen LogP contribution is 2.31. The maximum Gasteiger partial charge on any atom is 0.240 e. The van der Waals surface area contributed by atoms with E-state index >= 15 is 0 Å². The molecule has 21 heavy (non-hydrogen) atoms. The van der Waals surface area contributed by atoms with E-state index in [2.05, 4.69) is 21.2 Å². The summed E-state index contributed by atoms with van der Waals surface area (Å²) in [6.45, 7) is 0. The van der Waals surface area contributed by atoms with Crippen LogP contribution in [0.1, 0.15) is 0 Å². The second-order valence-electron chi connectivity index (χ2n) is 4.27. The number of hydrogen-bond acceptors (Lipinski definition) is 5. The minimum atomic E-state index is -3.88. The SMILES string of the molecule is COc1cc(Nc2ccc(N)cc2S(N)(=O)=O)ccc1Br. The van der Waals surface area contributed by atoms with Crippen molar-refractivity contribution in [3.63, 3.8) is 0 Å². The smallest absolute Gasteiger partial charge is 0.240 e. The molecule has 0 unspecified atom stereocenters. The molecule has 0 fully saturated rings. The molecule has 0 amide bonds. The quantitative estimate of drug-likeness (QED) is 0.715. The van der Waals surface area contributed by atoms with Gasteiger partial charge in [0, 0.05) is 17.4 Å². The average molecular weight is 372 g/mol. The fourth-order valence-electron chi connectivity index (χ4n) is 1.77. The summed E-state index contributed by atoms with van der Waals surface area (Å²) in [6.07, 6.45) is 0. The Bertz CT molecular complexity index is 778. The predicted octanol–water partition coefficient (Wildman–Crippen LogP) is 2.43. The van der Waals surface area contributed by atoms with Gasteiger partial charge in [-0.25, -0.2) is 13.6 Å². The number of sulfonamides is 1. The third-order valence-electron chi connectivity index (χ3n) is 2.74. The Balaban J connectivity index is 2.45. The maximum absolute atomic E-state index is 11.6. The zero-order valence-electron chi connectivity index (χ0n) is 11.1. The number of halogens is 1. The molecule has 2 aromatic rings. The van der Waals surface area contributed by atoms with E-state index in [0.29, 0.717) is 22.8 Å². The van der Waals surface area contributed by atoms with E-state index in [9.17, 15) is 8.42 Å². The second kappa shape index (κ2) is 5.92. The number of primary sulfonamides is 1. The molecule has 0 aliphatic heterocycles. The number of ether oxygens (including phenoxy) is 1. The zero-order chi connectivity index (χ0) is 15.6. The highest BCUT2D eigenvalue weighted by Gasteiger charge is 2.15. The van der Waals surface area contributed by atoms with Crippen LogP contribution in [0.15, 0.2) is 45.8 Å². The van der Waals surface area contributed by atoms with Crippen molar-refractivity contribution in [1.82, 2.24) is 0 Å². The van der Waals surface area contributed by atoms with Crippen LogP contribution in [0.3, 0.4) is 0 Å². The molecule has 0 radical (unpaired) electrons. The lowest BCUT2D eigenvalue weighted by Gasteiger charge is -2.13. The minimum Gasteiger partial charge on any atom is -0.495 e.